The second-order valence-electron chi connectivity index (χ2n) is 2.87. The zero-order valence-electron chi connectivity index (χ0n) is 7.93. The number of hydrogen-bond acceptors (Lipinski definition) is 3. The van der Waals surface area contributed by atoms with Crippen LogP contribution in [0.1, 0.15) is 11.1 Å². The van der Waals surface area contributed by atoms with E-state index in [0.29, 0.717) is 0 Å². The molecule has 6 heteroatoms. The molecule has 0 atom stereocenters. The van der Waals surface area contributed by atoms with Gasteiger partial charge in [-0.3, -0.25) is 0 Å². The van der Waals surface area contributed by atoms with Gasteiger partial charge >= 0.3 is 6.18 Å². The van der Waals surface area contributed by atoms with Crippen molar-refractivity contribution < 1.29 is 23.1 Å². The number of hydroxylamine groups is 1. The fraction of sp³-hybridized carbons (Fsp3) is 0.333. The van der Waals surface area contributed by atoms with E-state index >= 15 is 0 Å². The minimum Gasteiger partial charge on any atom is -0.508 e. The van der Waals surface area contributed by atoms with E-state index in [2.05, 4.69) is 10.3 Å². The lowest BCUT2D eigenvalue weighted by Crippen LogP contribution is -2.12. The third kappa shape index (κ3) is 3.10. The summed E-state index contributed by atoms with van der Waals surface area (Å²) in [7, 11) is 1.34. The number of phenols is 1. The van der Waals surface area contributed by atoms with Crippen LogP contribution in [0.5, 0.6) is 5.75 Å². The number of phenolic OH excluding ortho intramolecular Hbond substituents is 1. The van der Waals surface area contributed by atoms with Crippen molar-refractivity contribution in [2.24, 2.45) is 0 Å². The van der Waals surface area contributed by atoms with Gasteiger partial charge in [0.25, 0.3) is 0 Å². The Labute approximate surface area is 84.4 Å². The van der Waals surface area contributed by atoms with Crippen LogP contribution in [0.3, 0.4) is 0 Å². The fourth-order valence-corrected chi connectivity index (χ4v) is 1.05. The number of alkyl halides is 3. The smallest absolute Gasteiger partial charge is 0.416 e. The maximum Gasteiger partial charge on any atom is 0.416 e. The maximum atomic E-state index is 12.3. The standard InChI is InChI=1S/C9H10F3NO2/c1-15-13-5-6-4-7(9(10,11)12)2-3-8(6)14/h2-4,13-14H,5H2,1H3. The average Bonchev–Trinajstić information content (AvgIpc) is 2.15. The summed E-state index contributed by atoms with van der Waals surface area (Å²) in [5, 5.41) is 9.26. The van der Waals surface area contributed by atoms with E-state index < -0.39 is 11.7 Å². The van der Waals surface area contributed by atoms with Crippen LogP contribution in [0.25, 0.3) is 0 Å². The number of nitrogens with one attached hydrogen (secondary N) is 1. The first-order valence-corrected chi connectivity index (χ1v) is 4.10. The van der Waals surface area contributed by atoms with Gasteiger partial charge in [-0.15, -0.1) is 0 Å². The Morgan fingerprint density at radius 2 is 2.07 bits per heavy atom. The highest BCUT2D eigenvalue weighted by Crippen LogP contribution is 2.32. The third-order valence-corrected chi connectivity index (χ3v) is 1.81. The van der Waals surface area contributed by atoms with Crippen molar-refractivity contribution in [2.45, 2.75) is 12.7 Å². The molecule has 0 aliphatic heterocycles. The first-order chi connectivity index (χ1) is 6.95. The average molecular weight is 221 g/mol. The minimum absolute atomic E-state index is 0.00620. The molecule has 0 saturated carbocycles. The fourth-order valence-electron chi connectivity index (χ4n) is 1.05. The molecular formula is C9H10F3NO2. The number of aromatic hydroxyl groups is 1. The van der Waals surface area contributed by atoms with Crippen LogP contribution in [-0.2, 0) is 17.6 Å². The molecule has 15 heavy (non-hydrogen) atoms. The van der Waals surface area contributed by atoms with Gasteiger partial charge in [-0.25, -0.2) is 0 Å². The Morgan fingerprint density at radius 3 is 2.60 bits per heavy atom. The van der Waals surface area contributed by atoms with E-state index in [9.17, 15) is 18.3 Å². The van der Waals surface area contributed by atoms with Crippen LogP contribution in [0.4, 0.5) is 13.2 Å². The molecule has 2 N–H and O–H groups in total. The quantitative estimate of drug-likeness (QED) is 0.767. The second kappa shape index (κ2) is 4.50. The Kier molecular flexibility index (Phi) is 3.54. The van der Waals surface area contributed by atoms with Gasteiger partial charge in [-0.05, 0) is 18.2 Å². The Hall–Kier alpha value is -1.27. The van der Waals surface area contributed by atoms with Crippen molar-refractivity contribution in [2.75, 3.05) is 7.11 Å². The molecule has 0 aromatic heterocycles. The highest BCUT2D eigenvalue weighted by atomic mass is 19.4. The molecule has 3 nitrogen and oxygen atoms in total. The van der Waals surface area contributed by atoms with Crippen molar-refractivity contribution in [1.29, 1.82) is 0 Å². The molecule has 0 saturated heterocycles. The van der Waals surface area contributed by atoms with E-state index in [0.717, 1.165) is 18.2 Å². The van der Waals surface area contributed by atoms with Gasteiger partial charge in [-0.1, -0.05) is 0 Å². The first kappa shape index (κ1) is 11.8. The summed E-state index contributed by atoms with van der Waals surface area (Å²) < 4.78 is 36.9. The van der Waals surface area contributed by atoms with Crippen LogP contribution in [-0.4, -0.2) is 12.2 Å². The Morgan fingerprint density at radius 1 is 1.40 bits per heavy atom. The normalized spacial score (nSPS) is 11.7. The molecule has 84 valence electrons. The Bertz CT molecular complexity index is 339. The highest BCUT2D eigenvalue weighted by Gasteiger charge is 2.30. The highest BCUT2D eigenvalue weighted by molar-refractivity contribution is 5.37. The molecule has 0 heterocycles. The number of halogens is 3. The third-order valence-electron chi connectivity index (χ3n) is 1.81. The molecule has 0 fully saturated rings. The van der Waals surface area contributed by atoms with E-state index in [-0.39, 0.29) is 17.9 Å². The van der Waals surface area contributed by atoms with E-state index in [1.165, 1.54) is 7.11 Å². The first-order valence-electron chi connectivity index (χ1n) is 4.10. The summed E-state index contributed by atoms with van der Waals surface area (Å²) in [4.78, 5) is 4.48. The number of rotatable bonds is 3. The van der Waals surface area contributed by atoms with Crippen LogP contribution in [0.15, 0.2) is 18.2 Å². The van der Waals surface area contributed by atoms with E-state index in [1.807, 2.05) is 0 Å². The lowest BCUT2D eigenvalue weighted by Gasteiger charge is -2.10. The summed E-state index contributed by atoms with van der Waals surface area (Å²) >= 11 is 0. The van der Waals surface area contributed by atoms with E-state index in [1.54, 1.807) is 0 Å². The topological polar surface area (TPSA) is 41.5 Å². The van der Waals surface area contributed by atoms with Crippen LogP contribution in [0, 0.1) is 0 Å². The van der Waals surface area contributed by atoms with Crippen molar-refractivity contribution in [3.63, 3.8) is 0 Å². The Balaban J connectivity index is 2.95. The number of hydrogen-bond donors (Lipinski definition) is 2. The molecule has 0 aliphatic rings. The molecule has 0 bridgehead atoms. The summed E-state index contributed by atoms with van der Waals surface area (Å²) in [5.41, 5.74) is 1.69. The molecule has 0 radical (unpaired) electrons. The van der Waals surface area contributed by atoms with Crippen molar-refractivity contribution >= 4 is 0 Å². The summed E-state index contributed by atoms with van der Waals surface area (Å²) in [5.74, 6) is -0.201. The van der Waals surface area contributed by atoms with Gasteiger partial charge in [0.2, 0.25) is 0 Å². The maximum absolute atomic E-state index is 12.3. The zero-order valence-corrected chi connectivity index (χ0v) is 7.93. The van der Waals surface area contributed by atoms with Crippen molar-refractivity contribution in [3.8, 4) is 5.75 Å². The molecule has 1 aromatic carbocycles. The predicted octanol–water partition coefficient (Wildman–Crippen LogP) is 2.06. The van der Waals surface area contributed by atoms with Gasteiger partial charge in [0.15, 0.2) is 0 Å². The largest absolute Gasteiger partial charge is 0.508 e. The van der Waals surface area contributed by atoms with Crippen LogP contribution < -0.4 is 5.48 Å². The molecule has 0 unspecified atom stereocenters. The monoisotopic (exact) mass is 221 g/mol. The second-order valence-corrected chi connectivity index (χ2v) is 2.87. The van der Waals surface area contributed by atoms with Gasteiger partial charge in [0.1, 0.15) is 5.75 Å². The van der Waals surface area contributed by atoms with Gasteiger partial charge < -0.3 is 9.94 Å². The molecule has 0 spiro atoms. The van der Waals surface area contributed by atoms with Crippen LogP contribution >= 0.6 is 0 Å². The predicted molar refractivity (Wildman–Crippen MR) is 47.0 cm³/mol. The van der Waals surface area contributed by atoms with Gasteiger partial charge in [0.05, 0.1) is 12.7 Å². The summed E-state index contributed by atoms with van der Waals surface area (Å²) in [6.45, 7) is 0.00620. The molecule has 0 amide bonds. The molecule has 1 aromatic rings. The lowest BCUT2D eigenvalue weighted by atomic mass is 10.1. The molecular weight excluding hydrogens is 211 g/mol. The SMILES string of the molecule is CONCc1cc(C(F)(F)F)ccc1O. The van der Waals surface area contributed by atoms with Crippen molar-refractivity contribution in [3.05, 3.63) is 29.3 Å². The van der Waals surface area contributed by atoms with Crippen LogP contribution in [0.2, 0.25) is 0 Å². The summed E-state index contributed by atoms with van der Waals surface area (Å²) in [6.07, 6.45) is -4.41. The molecule has 0 aliphatic carbocycles. The lowest BCUT2D eigenvalue weighted by molar-refractivity contribution is -0.137. The molecule has 1 rings (SSSR count). The van der Waals surface area contributed by atoms with Gasteiger partial charge in [0, 0.05) is 12.1 Å². The minimum atomic E-state index is -4.41. The zero-order chi connectivity index (χ0) is 11.5. The van der Waals surface area contributed by atoms with Gasteiger partial charge in [-0.2, -0.15) is 18.7 Å². The van der Waals surface area contributed by atoms with Crippen molar-refractivity contribution in [1.82, 2.24) is 5.48 Å². The van der Waals surface area contributed by atoms with E-state index in [4.69, 9.17) is 0 Å². The summed E-state index contributed by atoms with van der Waals surface area (Å²) in [6, 6.07) is 2.71. The number of benzene rings is 1.